The Kier molecular flexibility index (Phi) is 14.2. The monoisotopic (exact) mass is 1060 g/mol. The fourth-order valence-corrected chi connectivity index (χ4v) is 11.6. The molecule has 0 saturated heterocycles. The summed E-state index contributed by atoms with van der Waals surface area (Å²) in [6.07, 6.45) is 10.5. The van der Waals surface area contributed by atoms with Gasteiger partial charge in [-0.05, 0) is 100 Å². The molecule has 0 aliphatic heterocycles. The number of para-hydroxylation sites is 2. The SMILES string of the molecule is C[Si](C)(C)c1cnc(-c2[c-]cccc2)cc1CC1CCCCC1.Cc1ccc2c(c1)oc1c(-c3nc4ccccc4n3-c3c(C(C)C)cc(-c4ccccc4)cc3C(C)C)[c-]cc(C)c12.[Ir]. The molecule has 1 fully saturated rings. The van der Waals surface area contributed by atoms with Crippen molar-refractivity contribution >= 4 is 46.2 Å². The van der Waals surface area contributed by atoms with E-state index in [2.05, 4.69) is 193 Å². The Labute approximate surface area is 407 Å². The van der Waals surface area contributed by atoms with Crippen LogP contribution in [0.5, 0.6) is 0 Å². The molecule has 339 valence electrons. The maximum Gasteiger partial charge on any atom is 0.121 e. The van der Waals surface area contributed by atoms with Gasteiger partial charge in [-0.3, -0.25) is 4.98 Å². The fraction of sp³-hybridized carbons (Fsp3) is 0.300. The molecule has 0 N–H and O–H groups in total. The van der Waals surface area contributed by atoms with E-state index in [0.29, 0.717) is 11.8 Å². The van der Waals surface area contributed by atoms with Crippen LogP contribution in [0.15, 0.2) is 132 Å². The van der Waals surface area contributed by atoms with E-state index >= 15 is 0 Å². The largest absolute Gasteiger partial charge is 0.501 e. The van der Waals surface area contributed by atoms with Crippen molar-refractivity contribution < 1.29 is 24.5 Å². The first kappa shape index (κ1) is 47.1. The van der Waals surface area contributed by atoms with E-state index in [1.165, 1.54) is 72.0 Å². The zero-order valence-electron chi connectivity index (χ0n) is 40.2. The quantitative estimate of drug-likeness (QED) is 0.107. The van der Waals surface area contributed by atoms with Crippen LogP contribution in [0.3, 0.4) is 0 Å². The topological polar surface area (TPSA) is 43.9 Å². The predicted molar refractivity (Wildman–Crippen MR) is 277 cm³/mol. The van der Waals surface area contributed by atoms with Crippen molar-refractivity contribution in [1.82, 2.24) is 14.5 Å². The van der Waals surface area contributed by atoms with Crippen molar-refractivity contribution in [3.05, 3.63) is 167 Å². The van der Waals surface area contributed by atoms with Gasteiger partial charge in [-0.25, -0.2) is 0 Å². The maximum absolute atomic E-state index is 6.63. The summed E-state index contributed by atoms with van der Waals surface area (Å²) in [6, 6.07) is 49.9. The summed E-state index contributed by atoms with van der Waals surface area (Å²) in [5.74, 6) is 2.32. The van der Waals surface area contributed by atoms with Crippen LogP contribution in [0.25, 0.3) is 72.4 Å². The summed E-state index contributed by atoms with van der Waals surface area (Å²) in [4.78, 5) is 10.1. The number of aryl methyl sites for hydroxylation is 2. The summed E-state index contributed by atoms with van der Waals surface area (Å²) in [6.45, 7) is 20.7. The van der Waals surface area contributed by atoms with Crippen LogP contribution < -0.4 is 5.19 Å². The van der Waals surface area contributed by atoms with Crippen LogP contribution in [-0.2, 0) is 26.5 Å². The first-order chi connectivity index (χ1) is 31.4. The zero-order valence-corrected chi connectivity index (χ0v) is 43.6. The van der Waals surface area contributed by atoms with Crippen molar-refractivity contribution in [2.45, 2.75) is 112 Å². The van der Waals surface area contributed by atoms with E-state index in [1.807, 2.05) is 12.1 Å². The van der Waals surface area contributed by atoms with Gasteiger partial charge < -0.3 is 14.0 Å². The van der Waals surface area contributed by atoms with Crippen molar-refractivity contribution in [3.63, 3.8) is 0 Å². The number of hydrogen-bond donors (Lipinski definition) is 0. The van der Waals surface area contributed by atoms with Gasteiger partial charge in [0.05, 0.1) is 30.5 Å². The van der Waals surface area contributed by atoms with Crippen molar-refractivity contribution in [2.24, 2.45) is 5.92 Å². The predicted octanol–water partition coefficient (Wildman–Crippen LogP) is 16.1. The van der Waals surface area contributed by atoms with Gasteiger partial charge in [0.1, 0.15) is 5.58 Å². The van der Waals surface area contributed by atoms with E-state index in [0.717, 1.165) is 67.1 Å². The van der Waals surface area contributed by atoms with Crippen LogP contribution in [-0.4, -0.2) is 22.6 Å². The minimum absolute atomic E-state index is 0. The third-order valence-corrected chi connectivity index (χ3v) is 15.5. The number of rotatable bonds is 9. The zero-order chi connectivity index (χ0) is 45.4. The molecule has 0 unspecified atom stereocenters. The molecule has 0 atom stereocenters. The second-order valence-corrected chi connectivity index (χ2v) is 25.1. The minimum atomic E-state index is -1.36. The summed E-state index contributed by atoms with van der Waals surface area (Å²) in [5, 5.41) is 3.80. The number of furan rings is 1. The Morgan fingerprint density at radius 3 is 2.14 bits per heavy atom. The molecule has 0 bridgehead atoms. The normalized spacial score (nSPS) is 13.4. The minimum Gasteiger partial charge on any atom is -0.501 e. The number of pyridine rings is 1. The molecule has 1 aliphatic rings. The molecule has 9 aromatic rings. The average molecular weight is 1060 g/mol. The summed E-state index contributed by atoms with van der Waals surface area (Å²) in [5.41, 5.74) is 17.0. The van der Waals surface area contributed by atoms with Gasteiger partial charge >= 0.3 is 0 Å². The van der Waals surface area contributed by atoms with Crippen LogP contribution in [0.1, 0.15) is 99.5 Å². The number of fused-ring (bicyclic) bond motifs is 4. The molecule has 6 aromatic carbocycles. The van der Waals surface area contributed by atoms with Crippen LogP contribution >= 0.6 is 0 Å². The molecule has 1 radical (unpaired) electrons. The maximum atomic E-state index is 6.63. The molecule has 0 spiro atoms. The van der Waals surface area contributed by atoms with Crippen LogP contribution in [0.4, 0.5) is 0 Å². The van der Waals surface area contributed by atoms with E-state index in [1.54, 1.807) is 10.8 Å². The molecule has 6 heteroatoms. The van der Waals surface area contributed by atoms with E-state index in [9.17, 15) is 0 Å². The number of imidazole rings is 1. The number of hydrogen-bond acceptors (Lipinski definition) is 3. The average Bonchev–Trinajstić information content (AvgIpc) is 3.88. The smallest absolute Gasteiger partial charge is 0.121 e. The Balaban J connectivity index is 0.000000209. The molecular formula is C60H63IrN3OSi-2. The first-order valence-corrected chi connectivity index (χ1v) is 27.4. The second-order valence-electron chi connectivity index (χ2n) is 20.1. The van der Waals surface area contributed by atoms with Crippen molar-refractivity contribution in [1.29, 1.82) is 0 Å². The van der Waals surface area contributed by atoms with Crippen molar-refractivity contribution in [2.75, 3.05) is 0 Å². The molecular weight excluding hydrogens is 999 g/mol. The van der Waals surface area contributed by atoms with Gasteiger partial charge in [-0.15, -0.1) is 53.6 Å². The first-order valence-electron chi connectivity index (χ1n) is 23.9. The number of aromatic nitrogens is 3. The molecule has 1 aliphatic carbocycles. The number of benzene rings is 6. The molecule has 0 amide bonds. The van der Waals surface area contributed by atoms with Crippen molar-refractivity contribution in [3.8, 4) is 39.5 Å². The van der Waals surface area contributed by atoms with Gasteiger partial charge in [0.2, 0.25) is 0 Å². The van der Waals surface area contributed by atoms with Gasteiger partial charge in [0.25, 0.3) is 0 Å². The van der Waals surface area contributed by atoms with Gasteiger partial charge in [0, 0.05) is 37.4 Å². The Hall–Kier alpha value is -5.39. The summed E-state index contributed by atoms with van der Waals surface area (Å²) < 4.78 is 9.00. The van der Waals surface area contributed by atoms with Crippen LogP contribution in [0.2, 0.25) is 19.6 Å². The van der Waals surface area contributed by atoms with Gasteiger partial charge in [0.15, 0.2) is 0 Å². The Morgan fingerprint density at radius 2 is 1.45 bits per heavy atom. The van der Waals surface area contributed by atoms with E-state index in [4.69, 9.17) is 14.4 Å². The molecule has 3 aromatic heterocycles. The molecule has 66 heavy (non-hydrogen) atoms. The molecule has 1 saturated carbocycles. The molecule has 4 nitrogen and oxygen atoms in total. The number of nitrogens with zero attached hydrogens (tertiary/aromatic N) is 3. The van der Waals surface area contributed by atoms with E-state index < -0.39 is 8.07 Å². The van der Waals surface area contributed by atoms with Gasteiger partial charge in [-0.2, -0.15) is 0 Å². The summed E-state index contributed by atoms with van der Waals surface area (Å²) >= 11 is 0. The second kappa shape index (κ2) is 19.8. The van der Waals surface area contributed by atoms with Crippen LogP contribution in [0, 0.1) is 31.9 Å². The Morgan fingerprint density at radius 1 is 0.758 bits per heavy atom. The standard InChI is InChI=1S/C39H35N2O.C21H28NSi.Ir/c1-23(2)31-21-28(27-12-8-7-9-13-27)22-32(24(3)4)37(31)41-34-15-11-10-14-33(34)40-39(41)30-19-17-26(6)36-29-18-16-25(5)20-35(29)42-38(30)36;1-23(2,3)21-16-22-20(18-12-8-5-9-13-18)15-19(21)14-17-10-6-4-7-11-17;/h7-18,20-24H,1-6H3;5,8-9,12,15-17H,4,6-7,10-11,14H2,1-3H3;/q2*-1;. The third-order valence-electron chi connectivity index (χ3n) is 13.4. The Bertz CT molecular complexity index is 3090. The molecule has 10 rings (SSSR count). The third kappa shape index (κ3) is 9.56. The van der Waals surface area contributed by atoms with E-state index in [-0.39, 0.29) is 20.1 Å². The van der Waals surface area contributed by atoms with Gasteiger partial charge in [-0.1, -0.05) is 164 Å². The fourth-order valence-electron chi connectivity index (χ4n) is 10.0. The summed E-state index contributed by atoms with van der Waals surface area (Å²) in [7, 11) is -1.36. The molecule has 3 heterocycles.